The molecule has 0 saturated carbocycles. The highest BCUT2D eigenvalue weighted by Crippen LogP contribution is 2.27. The van der Waals surface area contributed by atoms with Crippen LogP contribution in [0, 0.1) is 5.92 Å². The van der Waals surface area contributed by atoms with E-state index in [2.05, 4.69) is 6.07 Å². The fourth-order valence-corrected chi connectivity index (χ4v) is 2.58. The summed E-state index contributed by atoms with van der Waals surface area (Å²) < 4.78 is 0. The van der Waals surface area contributed by atoms with Crippen molar-refractivity contribution in [3.05, 3.63) is 29.8 Å². The number of carbonyl (C=O) groups is 2. The molecule has 0 radical (unpaired) electrons. The first-order chi connectivity index (χ1) is 9.08. The maximum atomic E-state index is 12.3. The van der Waals surface area contributed by atoms with Crippen LogP contribution in [0.3, 0.4) is 0 Å². The standard InChI is InChI=1S/C16H21NO2/c1-12(2)10-14(18)11-16(19)17-9-5-7-13-6-3-4-8-15(13)17/h3-4,6,8,12H,5,7,9-11H2,1-2H3. The number of fused-ring (bicyclic) bond motifs is 1. The highest BCUT2D eigenvalue weighted by molar-refractivity contribution is 6.06. The normalized spacial score (nSPS) is 14.4. The van der Waals surface area contributed by atoms with E-state index in [0.717, 1.165) is 25.1 Å². The summed E-state index contributed by atoms with van der Waals surface area (Å²) in [4.78, 5) is 25.8. The highest BCUT2D eigenvalue weighted by atomic mass is 16.2. The molecule has 3 heteroatoms. The van der Waals surface area contributed by atoms with Gasteiger partial charge in [-0.25, -0.2) is 0 Å². The van der Waals surface area contributed by atoms with Crippen LogP contribution in [0.5, 0.6) is 0 Å². The van der Waals surface area contributed by atoms with Gasteiger partial charge in [-0.05, 0) is 30.4 Å². The van der Waals surface area contributed by atoms with Crippen molar-refractivity contribution in [2.45, 2.75) is 39.5 Å². The van der Waals surface area contributed by atoms with Crippen molar-refractivity contribution in [3.8, 4) is 0 Å². The molecule has 1 amide bonds. The maximum Gasteiger partial charge on any atom is 0.234 e. The van der Waals surface area contributed by atoms with Crippen LogP contribution >= 0.6 is 0 Å². The van der Waals surface area contributed by atoms with Crippen LogP contribution in [-0.4, -0.2) is 18.2 Å². The van der Waals surface area contributed by atoms with Crippen LogP contribution in [0.15, 0.2) is 24.3 Å². The quantitative estimate of drug-likeness (QED) is 0.780. The summed E-state index contributed by atoms with van der Waals surface area (Å²) >= 11 is 0. The lowest BCUT2D eigenvalue weighted by molar-refractivity contribution is -0.127. The summed E-state index contributed by atoms with van der Waals surface area (Å²) in [6.07, 6.45) is 2.51. The Hall–Kier alpha value is -1.64. The molecule has 1 aliphatic rings. The monoisotopic (exact) mass is 259 g/mol. The molecule has 102 valence electrons. The first-order valence-corrected chi connectivity index (χ1v) is 6.98. The molecule has 0 unspecified atom stereocenters. The average molecular weight is 259 g/mol. The molecule has 2 rings (SSSR count). The van der Waals surface area contributed by atoms with E-state index in [1.165, 1.54) is 5.56 Å². The molecular weight excluding hydrogens is 238 g/mol. The van der Waals surface area contributed by atoms with Crippen LogP contribution in [0.2, 0.25) is 0 Å². The summed E-state index contributed by atoms with van der Waals surface area (Å²) in [7, 11) is 0. The van der Waals surface area contributed by atoms with E-state index in [1.807, 2.05) is 32.0 Å². The van der Waals surface area contributed by atoms with Gasteiger partial charge in [-0.2, -0.15) is 0 Å². The van der Waals surface area contributed by atoms with Crippen molar-refractivity contribution >= 4 is 17.4 Å². The second kappa shape index (κ2) is 6.00. The number of aryl methyl sites for hydroxylation is 1. The van der Waals surface area contributed by atoms with Crippen LogP contribution in [-0.2, 0) is 16.0 Å². The van der Waals surface area contributed by atoms with Crippen LogP contribution in [0.1, 0.15) is 38.7 Å². The summed E-state index contributed by atoms with van der Waals surface area (Å²) in [5, 5.41) is 0. The van der Waals surface area contributed by atoms with E-state index >= 15 is 0 Å². The van der Waals surface area contributed by atoms with Gasteiger partial charge in [0.15, 0.2) is 0 Å². The van der Waals surface area contributed by atoms with Gasteiger partial charge in [-0.15, -0.1) is 0 Å². The predicted octanol–water partition coefficient (Wildman–Crippen LogP) is 2.97. The van der Waals surface area contributed by atoms with Gasteiger partial charge in [0, 0.05) is 18.7 Å². The van der Waals surface area contributed by atoms with Gasteiger partial charge in [0.05, 0.1) is 6.42 Å². The Balaban J connectivity index is 2.07. The smallest absolute Gasteiger partial charge is 0.234 e. The molecule has 0 aromatic heterocycles. The number of rotatable bonds is 4. The Bertz CT molecular complexity index is 479. The third-order valence-electron chi connectivity index (χ3n) is 3.40. The minimum absolute atomic E-state index is 0.0342. The van der Waals surface area contributed by atoms with Crippen LogP contribution in [0.25, 0.3) is 0 Å². The lowest BCUT2D eigenvalue weighted by Gasteiger charge is -2.29. The van der Waals surface area contributed by atoms with Gasteiger partial charge in [-0.3, -0.25) is 9.59 Å². The zero-order valence-corrected chi connectivity index (χ0v) is 11.7. The van der Waals surface area contributed by atoms with Crippen molar-refractivity contribution in [1.82, 2.24) is 0 Å². The summed E-state index contributed by atoms with van der Waals surface area (Å²) in [6.45, 7) is 4.72. The maximum absolute atomic E-state index is 12.3. The number of carbonyl (C=O) groups excluding carboxylic acids is 2. The van der Waals surface area contributed by atoms with Gasteiger partial charge < -0.3 is 4.90 Å². The Morgan fingerprint density at radius 2 is 2.00 bits per heavy atom. The molecule has 0 atom stereocenters. The molecule has 1 aromatic rings. The van der Waals surface area contributed by atoms with Crippen molar-refractivity contribution in [3.63, 3.8) is 0 Å². The lowest BCUT2D eigenvalue weighted by Crippen LogP contribution is -2.36. The fourth-order valence-electron chi connectivity index (χ4n) is 2.58. The number of hydrogen-bond donors (Lipinski definition) is 0. The van der Waals surface area contributed by atoms with Gasteiger partial charge >= 0.3 is 0 Å². The zero-order chi connectivity index (χ0) is 13.8. The van der Waals surface area contributed by atoms with Gasteiger partial charge in [0.1, 0.15) is 5.78 Å². The largest absolute Gasteiger partial charge is 0.312 e. The summed E-state index contributed by atoms with van der Waals surface area (Å²) in [5.41, 5.74) is 2.19. The molecule has 0 saturated heterocycles. The molecule has 19 heavy (non-hydrogen) atoms. The third kappa shape index (κ3) is 3.43. The Kier molecular flexibility index (Phi) is 4.35. The fraction of sp³-hybridized carbons (Fsp3) is 0.500. The number of amides is 1. The van der Waals surface area contributed by atoms with Gasteiger partial charge in [0.2, 0.25) is 5.91 Å². The Morgan fingerprint density at radius 1 is 1.26 bits per heavy atom. The van der Waals surface area contributed by atoms with Crippen molar-refractivity contribution < 1.29 is 9.59 Å². The van der Waals surface area contributed by atoms with Gasteiger partial charge in [-0.1, -0.05) is 32.0 Å². The van der Waals surface area contributed by atoms with E-state index in [4.69, 9.17) is 0 Å². The Morgan fingerprint density at radius 3 is 2.74 bits per heavy atom. The predicted molar refractivity (Wildman–Crippen MR) is 76.2 cm³/mol. The molecule has 1 aliphatic heterocycles. The second-order valence-electron chi connectivity index (χ2n) is 5.59. The molecular formula is C16H21NO2. The molecule has 0 fully saturated rings. The number of hydrogen-bond acceptors (Lipinski definition) is 2. The van der Waals surface area contributed by atoms with Crippen molar-refractivity contribution in [2.24, 2.45) is 5.92 Å². The molecule has 0 bridgehead atoms. The molecule has 1 aromatic carbocycles. The van der Waals surface area contributed by atoms with E-state index in [0.29, 0.717) is 12.3 Å². The number of benzene rings is 1. The first-order valence-electron chi connectivity index (χ1n) is 6.98. The molecule has 0 N–H and O–H groups in total. The van der Waals surface area contributed by atoms with Crippen LogP contribution in [0.4, 0.5) is 5.69 Å². The van der Waals surface area contributed by atoms with E-state index in [-0.39, 0.29) is 18.1 Å². The minimum Gasteiger partial charge on any atom is -0.312 e. The molecule has 3 nitrogen and oxygen atoms in total. The molecule has 0 aliphatic carbocycles. The number of ketones is 1. The van der Waals surface area contributed by atoms with E-state index in [1.54, 1.807) is 4.90 Å². The number of para-hydroxylation sites is 1. The second-order valence-corrected chi connectivity index (χ2v) is 5.59. The SMILES string of the molecule is CC(C)CC(=O)CC(=O)N1CCCc2ccccc21. The molecule has 1 heterocycles. The number of nitrogens with zero attached hydrogens (tertiary/aromatic N) is 1. The molecule has 0 spiro atoms. The minimum atomic E-state index is -0.0576. The first kappa shape index (κ1) is 13.8. The summed E-state index contributed by atoms with van der Waals surface area (Å²) in [5.74, 6) is 0.301. The lowest BCUT2D eigenvalue weighted by atomic mass is 10.00. The topological polar surface area (TPSA) is 37.4 Å². The Labute approximate surface area is 114 Å². The van der Waals surface area contributed by atoms with E-state index in [9.17, 15) is 9.59 Å². The van der Waals surface area contributed by atoms with Crippen LogP contribution < -0.4 is 4.90 Å². The summed E-state index contributed by atoms with van der Waals surface area (Å²) in [6, 6.07) is 7.97. The average Bonchev–Trinajstić information content (AvgIpc) is 2.36. The highest BCUT2D eigenvalue weighted by Gasteiger charge is 2.23. The van der Waals surface area contributed by atoms with Gasteiger partial charge in [0.25, 0.3) is 0 Å². The third-order valence-corrected chi connectivity index (χ3v) is 3.40. The zero-order valence-electron chi connectivity index (χ0n) is 11.7. The van der Waals surface area contributed by atoms with Crippen molar-refractivity contribution in [2.75, 3.05) is 11.4 Å². The van der Waals surface area contributed by atoms with Crippen molar-refractivity contribution in [1.29, 1.82) is 0 Å². The number of anilines is 1. The van der Waals surface area contributed by atoms with E-state index < -0.39 is 0 Å². The number of Topliss-reactive ketones (excluding diaryl/α,β-unsaturated/α-hetero) is 1.